The second kappa shape index (κ2) is 10.7. The highest BCUT2D eigenvalue weighted by molar-refractivity contribution is 6.18. The second-order valence-corrected chi connectivity index (χ2v) is 5.27. The van der Waals surface area contributed by atoms with Gasteiger partial charge in [0.05, 0.1) is 0 Å². The van der Waals surface area contributed by atoms with Gasteiger partial charge in [-0.25, -0.2) is 0 Å². The highest BCUT2D eigenvalue weighted by Crippen LogP contribution is 2.07. The third kappa shape index (κ3) is 7.25. The first-order valence-electron chi connectivity index (χ1n) is 6.75. The molecule has 0 saturated carbocycles. The number of halogens is 2. The van der Waals surface area contributed by atoms with E-state index in [9.17, 15) is 0 Å². The van der Waals surface area contributed by atoms with Gasteiger partial charge in [-0.2, -0.15) is 0 Å². The van der Waals surface area contributed by atoms with Crippen molar-refractivity contribution >= 4 is 23.2 Å². The Morgan fingerprint density at radius 1 is 0.778 bits per heavy atom. The second-order valence-electron chi connectivity index (χ2n) is 4.52. The number of nitrogens with zero attached hydrogens (tertiary/aromatic N) is 1. The molecule has 102 valence electrons. The number of rotatable bonds is 10. The van der Waals surface area contributed by atoms with Crippen molar-refractivity contribution in [2.75, 3.05) is 31.4 Å². The van der Waals surface area contributed by atoms with Gasteiger partial charge in [0.1, 0.15) is 0 Å². The van der Waals surface area contributed by atoms with Gasteiger partial charge in [0.15, 0.2) is 0 Å². The fourth-order valence-corrected chi connectivity index (χ4v) is 2.54. The molecule has 0 aliphatic rings. The SMILES string of the molecule is ClCCN(CCCl)CCCCCc1ccccc1. The molecular formula is C15H23Cl2N. The molecule has 0 fully saturated rings. The van der Waals surface area contributed by atoms with Crippen LogP contribution in [0.15, 0.2) is 30.3 Å². The van der Waals surface area contributed by atoms with E-state index in [1.54, 1.807) is 0 Å². The number of hydrogen-bond acceptors (Lipinski definition) is 1. The molecule has 3 heteroatoms. The maximum atomic E-state index is 5.77. The zero-order valence-electron chi connectivity index (χ0n) is 11.0. The van der Waals surface area contributed by atoms with Crippen molar-refractivity contribution in [1.29, 1.82) is 0 Å². The Morgan fingerprint density at radius 2 is 1.44 bits per heavy atom. The monoisotopic (exact) mass is 287 g/mol. The summed E-state index contributed by atoms with van der Waals surface area (Å²) in [6.07, 6.45) is 4.96. The highest BCUT2D eigenvalue weighted by Gasteiger charge is 2.02. The largest absolute Gasteiger partial charge is 0.301 e. The maximum Gasteiger partial charge on any atom is 0.0351 e. The molecule has 0 atom stereocenters. The molecule has 1 nitrogen and oxygen atoms in total. The first-order valence-corrected chi connectivity index (χ1v) is 7.82. The molecule has 18 heavy (non-hydrogen) atoms. The molecule has 0 aliphatic carbocycles. The molecule has 1 aromatic carbocycles. The van der Waals surface area contributed by atoms with Gasteiger partial charge in [0.25, 0.3) is 0 Å². The van der Waals surface area contributed by atoms with Gasteiger partial charge in [0.2, 0.25) is 0 Å². The van der Waals surface area contributed by atoms with Crippen LogP contribution in [0.2, 0.25) is 0 Å². The molecule has 0 radical (unpaired) electrons. The fraction of sp³-hybridized carbons (Fsp3) is 0.600. The van der Waals surface area contributed by atoms with Gasteiger partial charge in [-0.15, -0.1) is 23.2 Å². The fourth-order valence-electron chi connectivity index (χ4n) is 2.06. The summed E-state index contributed by atoms with van der Waals surface area (Å²) in [6.45, 7) is 3.02. The molecule has 0 bridgehead atoms. The third-order valence-electron chi connectivity index (χ3n) is 3.08. The van der Waals surface area contributed by atoms with Crippen molar-refractivity contribution in [3.05, 3.63) is 35.9 Å². The number of aryl methyl sites for hydroxylation is 1. The van der Waals surface area contributed by atoms with Gasteiger partial charge in [0, 0.05) is 24.8 Å². The molecule has 1 aromatic rings. The third-order valence-corrected chi connectivity index (χ3v) is 3.42. The molecule has 0 unspecified atom stereocenters. The van der Waals surface area contributed by atoms with Gasteiger partial charge in [-0.1, -0.05) is 36.8 Å². The zero-order chi connectivity index (χ0) is 13.1. The summed E-state index contributed by atoms with van der Waals surface area (Å²) in [6, 6.07) is 10.7. The van der Waals surface area contributed by atoms with Crippen LogP contribution < -0.4 is 0 Å². The normalized spacial score (nSPS) is 11.1. The van der Waals surface area contributed by atoms with Crippen LogP contribution >= 0.6 is 23.2 Å². The van der Waals surface area contributed by atoms with Gasteiger partial charge < -0.3 is 4.90 Å². The average Bonchev–Trinajstić information content (AvgIpc) is 2.40. The smallest absolute Gasteiger partial charge is 0.0351 e. The van der Waals surface area contributed by atoms with Crippen molar-refractivity contribution in [1.82, 2.24) is 4.90 Å². The van der Waals surface area contributed by atoms with E-state index in [0.717, 1.165) is 19.6 Å². The minimum atomic E-state index is 0.695. The predicted molar refractivity (Wildman–Crippen MR) is 81.9 cm³/mol. The van der Waals surface area contributed by atoms with E-state index in [-0.39, 0.29) is 0 Å². The molecule has 0 N–H and O–H groups in total. The van der Waals surface area contributed by atoms with Crippen molar-refractivity contribution in [2.24, 2.45) is 0 Å². The van der Waals surface area contributed by atoms with Crippen molar-refractivity contribution in [2.45, 2.75) is 25.7 Å². The lowest BCUT2D eigenvalue weighted by Crippen LogP contribution is -2.28. The van der Waals surface area contributed by atoms with E-state index < -0.39 is 0 Å². The summed E-state index contributed by atoms with van der Waals surface area (Å²) in [5, 5.41) is 0. The maximum absolute atomic E-state index is 5.77. The highest BCUT2D eigenvalue weighted by atomic mass is 35.5. The predicted octanol–water partition coefficient (Wildman–Crippen LogP) is 4.18. The van der Waals surface area contributed by atoms with E-state index in [1.165, 1.54) is 31.2 Å². The van der Waals surface area contributed by atoms with Gasteiger partial charge in [-0.05, 0) is 31.4 Å². The summed E-state index contributed by atoms with van der Waals surface area (Å²) in [4.78, 5) is 2.35. The van der Waals surface area contributed by atoms with Crippen molar-refractivity contribution < 1.29 is 0 Å². The average molecular weight is 288 g/mol. The van der Waals surface area contributed by atoms with Crippen LogP contribution in [0.5, 0.6) is 0 Å². The van der Waals surface area contributed by atoms with Crippen LogP contribution in [0, 0.1) is 0 Å². The Morgan fingerprint density at radius 3 is 2.06 bits per heavy atom. The number of hydrogen-bond donors (Lipinski definition) is 0. The molecule has 0 spiro atoms. The van der Waals surface area contributed by atoms with Crippen LogP contribution in [-0.4, -0.2) is 36.3 Å². The van der Waals surface area contributed by atoms with Crippen LogP contribution in [0.3, 0.4) is 0 Å². The topological polar surface area (TPSA) is 3.24 Å². The number of alkyl halides is 2. The Kier molecular flexibility index (Phi) is 9.37. The van der Waals surface area contributed by atoms with Gasteiger partial charge >= 0.3 is 0 Å². The van der Waals surface area contributed by atoms with Crippen LogP contribution in [0.1, 0.15) is 24.8 Å². The minimum absolute atomic E-state index is 0.695. The lowest BCUT2D eigenvalue weighted by molar-refractivity contribution is 0.299. The van der Waals surface area contributed by atoms with Crippen molar-refractivity contribution in [3.63, 3.8) is 0 Å². The molecule has 0 aliphatic heterocycles. The Bertz CT molecular complexity index is 284. The number of unbranched alkanes of at least 4 members (excludes halogenated alkanes) is 2. The Labute approximate surface area is 121 Å². The van der Waals surface area contributed by atoms with Crippen LogP contribution in [0.4, 0.5) is 0 Å². The molecule has 0 aromatic heterocycles. The summed E-state index contributed by atoms with van der Waals surface area (Å²) >= 11 is 11.5. The first kappa shape index (κ1) is 15.8. The van der Waals surface area contributed by atoms with E-state index in [4.69, 9.17) is 23.2 Å². The summed E-state index contributed by atoms with van der Waals surface area (Å²) in [7, 11) is 0. The quantitative estimate of drug-likeness (QED) is 0.461. The molecule has 0 saturated heterocycles. The minimum Gasteiger partial charge on any atom is -0.301 e. The summed E-state index contributed by atoms with van der Waals surface area (Å²) < 4.78 is 0. The lowest BCUT2D eigenvalue weighted by Gasteiger charge is -2.19. The van der Waals surface area contributed by atoms with Gasteiger partial charge in [-0.3, -0.25) is 0 Å². The first-order chi connectivity index (χ1) is 8.86. The van der Waals surface area contributed by atoms with E-state index in [0.29, 0.717) is 11.8 Å². The standard InChI is InChI=1S/C15H23Cl2N/c16-10-13-18(14-11-17)12-6-2-5-9-15-7-3-1-4-8-15/h1,3-4,7-8H,2,5-6,9-14H2. The molecular weight excluding hydrogens is 265 g/mol. The Hall–Kier alpha value is -0.240. The van der Waals surface area contributed by atoms with E-state index in [2.05, 4.69) is 35.2 Å². The zero-order valence-corrected chi connectivity index (χ0v) is 12.5. The molecule has 0 heterocycles. The van der Waals surface area contributed by atoms with E-state index in [1.807, 2.05) is 0 Å². The van der Waals surface area contributed by atoms with Crippen molar-refractivity contribution in [3.8, 4) is 0 Å². The Balaban J connectivity index is 2.06. The lowest BCUT2D eigenvalue weighted by atomic mass is 10.1. The summed E-state index contributed by atoms with van der Waals surface area (Å²) in [5.41, 5.74) is 1.44. The van der Waals surface area contributed by atoms with E-state index >= 15 is 0 Å². The number of benzene rings is 1. The van der Waals surface area contributed by atoms with Crippen LogP contribution in [0.25, 0.3) is 0 Å². The summed E-state index contributed by atoms with van der Waals surface area (Å²) in [5.74, 6) is 1.39. The molecule has 1 rings (SSSR count). The molecule has 0 amide bonds. The van der Waals surface area contributed by atoms with Crippen LogP contribution in [-0.2, 0) is 6.42 Å².